The van der Waals surface area contributed by atoms with Gasteiger partial charge >= 0.3 is 0 Å². The third-order valence-electron chi connectivity index (χ3n) is 3.06. The molecule has 1 atom stereocenters. The normalized spacial score (nSPS) is 13.0. The third kappa shape index (κ3) is 4.55. The van der Waals surface area contributed by atoms with E-state index >= 15 is 0 Å². The minimum atomic E-state index is -0.677. The number of oxime groups is 1. The molecule has 1 unspecified atom stereocenters. The van der Waals surface area contributed by atoms with Gasteiger partial charge in [-0.2, -0.15) is 0 Å². The highest BCUT2D eigenvalue weighted by Crippen LogP contribution is 2.12. The van der Waals surface area contributed by atoms with Crippen LogP contribution in [-0.4, -0.2) is 49.2 Å². The molecule has 1 amide bonds. The van der Waals surface area contributed by atoms with Crippen LogP contribution in [0.25, 0.3) is 0 Å². The molecule has 1 aromatic rings. The Hall–Kier alpha value is -2.08. The van der Waals surface area contributed by atoms with E-state index in [0.29, 0.717) is 19.6 Å². The van der Waals surface area contributed by atoms with Crippen LogP contribution < -0.4 is 5.73 Å². The van der Waals surface area contributed by atoms with Gasteiger partial charge < -0.3 is 20.6 Å². The molecule has 0 aliphatic carbocycles. The monoisotopic (exact) mass is 279 g/mol. The Labute approximate surface area is 118 Å². The van der Waals surface area contributed by atoms with Crippen LogP contribution in [0.1, 0.15) is 5.56 Å². The number of ether oxygens (including phenoxy) is 1. The van der Waals surface area contributed by atoms with Gasteiger partial charge in [-0.3, -0.25) is 4.79 Å². The number of hydrogen-bond acceptors (Lipinski definition) is 4. The summed E-state index contributed by atoms with van der Waals surface area (Å²) < 4.78 is 4.94. The summed E-state index contributed by atoms with van der Waals surface area (Å²) in [6.45, 7) is 0.899. The minimum absolute atomic E-state index is 0.0804. The van der Waals surface area contributed by atoms with E-state index in [0.717, 1.165) is 5.56 Å². The summed E-state index contributed by atoms with van der Waals surface area (Å²) in [6.07, 6.45) is 0.396. The molecule has 1 rings (SSSR count). The van der Waals surface area contributed by atoms with E-state index in [-0.39, 0.29) is 11.7 Å². The van der Waals surface area contributed by atoms with E-state index < -0.39 is 5.92 Å². The van der Waals surface area contributed by atoms with Gasteiger partial charge in [0.05, 0.1) is 6.61 Å². The second-order valence-corrected chi connectivity index (χ2v) is 4.52. The number of carbonyl (C=O) groups is 1. The first-order chi connectivity index (χ1) is 9.60. The lowest BCUT2D eigenvalue weighted by Crippen LogP contribution is -2.42. The Bertz CT molecular complexity index is 448. The van der Waals surface area contributed by atoms with Crippen molar-refractivity contribution in [2.24, 2.45) is 16.8 Å². The highest BCUT2D eigenvalue weighted by atomic mass is 16.5. The molecule has 1 aromatic carbocycles. The number of carbonyl (C=O) groups excluding carboxylic acids is 1. The van der Waals surface area contributed by atoms with Crippen LogP contribution in [0.2, 0.25) is 0 Å². The second-order valence-electron chi connectivity index (χ2n) is 4.52. The number of nitrogens with zero attached hydrogens (tertiary/aromatic N) is 2. The van der Waals surface area contributed by atoms with E-state index in [1.165, 1.54) is 4.90 Å². The van der Waals surface area contributed by atoms with Gasteiger partial charge in [-0.15, -0.1) is 0 Å². The number of benzene rings is 1. The van der Waals surface area contributed by atoms with Crippen LogP contribution in [0.15, 0.2) is 35.5 Å². The van der Waals surface area contributed by atoms with Crippen molar-refractivity contribution < 1.29 is 14.7 Å². The maximum atomic E-state index is 12.4. The van der Waals surface area contributed by atoms with E-state index in [1.807, 2.05) is 30.3 Å². The second kappa shape index (κ2) is 8.16. The molecule has 3 N–H and O–H groups in total. The van der Waals surface area contributed by atoms with Gasteiger partial charge in [0.15, 0.2) is 5.84 Å². The molecule has 0 aromatic heterocycles. The Morgan fingerprint density at radius 1 is 1.45 bits per heavy atom. The number of likely N-dealkylation sites (N-methyl/N-ethyl adjacent to an activating group) is 1. The SMILES string of the molecule is COCCN(C)C(=O)C(Cc1ccccc1)C(N)=NO. The van der Waals surface area contributed by atoms with E-state index in [1.54, 1.807) is 14.2 Å². The van der Waals surface area contributed by atoms with Gasteiger partial charge in [0.2, 0.25) is 5.91 Å². The smallest absolute Gasteiger partial charge is 0.233 e. The Morgan fingerprint density at radius 2 is 2.10 bits per heavy atom. The molecule has 110 valence electrons. The highest BCUT2D eigenvalue weighted by Gasteiger charge is 2.26. The van der Waals surface area contributed by atoms with Crippen molar-refractivity contribution in [3.05, 3.63) is 35.9 Å². The minimum Gasteiger partial charge on any atom is -0.409 e. The fourth-order valence-corrected chi connectivity index (χ4v) is 1.84. The summed E-state index contributed by atoms with van der Waals surface area (Å²) in [6, 6.07) is 9.48. The van der Waals surface area contributed by atoms with Crippen molar-refractivity contribution in [3.8, 4) is 0 Å². The predicted octanol–water partition coefficient (Wildman–Crippen LogP) is 0.696. The molecule has 0 fully saturated rings. The average Bonchev–Trinajstić information content (AvgIpc) is 2.49. The standard InChI is InChI=1S/C14H21N3O3/c1-17(8-9-20-2)14(18)12(13(15)16-19)10-11-6-4-3-5-7-11/h3-7,12,19H,8-10H2,1-2H3,(H2,15,16). The summed E-state index contributed by atoms with van der Waals surface area (Å²) in [4.78, 5) is 13.9. The van der Waals surface area contributed by atoms with Gasteiger partial charge in [0.1, 0.15) is 5.92 Å². The molecule has 0 aliphatic heterocycles. The van der Waals surface area contributed by atoms with Crippen LogP contribution in [0.3, 0.4) is 0 Å². The van der Waals surface area contributed by atoms with Crippen molar-refractivity contribution >= 4 is 11.7 Å². The fraction of sp³-hybridized carbons (Fsp3) is 0.429. The van der Waals surface area contributed by atoms with E-state index in [9.17, 15) is 4.79 Å². The average molecular weight is 279 g/mol. The van der Waals surface area contributed by atoms with Crippen molar-refractivity contribution in [1.29, 1.82) is 0 Å². The number of hydrogen-bond donors (Lipinski definition) is 2. The van der Waals surface area contributed by atoms with Gasteiger partial charge in [-0.1, -0.05) is 35.5 Å². The summed E-state index contributed by atoms with van der Waals surface area (Å²) >= 11 is 0. The highest BCUT2D eigenvalue weighted by molar-refractivity contribution is 6.02. The molecular weight excluding hydrogens is 258 g/mol. The quantitative estimate of drug-likeness (QED) is 0.333. The number of rotatable bonds is 7. The molecule has 0 saturated carbocycles. The number of amides is 1. The lowest BCUT2D eigenvalue weighted by atomic mass is 9.97. The van der Waals surface area contributed by atoms with Crippen molar-refractivity contribution in [3.63, 3.8) is 0 Å². The first kappa shape index (κ1) is 16.0. The lowest BCUT2D eigenvalue weighted by molar-refractivity contribution is -0.132. The molecule has 0 spiro atoms. The van der Waals surface area contributed by atoms with Crippen molar-refractivity contribution in [2.45, 2.75) is 6.42 Å². The van der Waals surface area contributed by atoms with Gasteiger partial charge in [-0.05, 0) is 12.0 Å². The molecule has 0 bridgehead atoms. The number of methoxy groups -OCH3 is 1. The molecule has 20 heavy (non-hydrogen) atoms. The zero-order valence-electron chi connectivity index (χ0n) is 11.8. The number of amidine groups is 1. The Balaban J connectivity index is 2.82. The van der Waals surface area contributed by atoms with Crippen LogP contribution in [-0.2, 0) is 16.0 Å². The molecule has 0 radical (unpaired) electrons. The topological polar surface area (TPSA) is 88.2 Å². The number of nitrogens with two attached hydrogens (primary N) is 1. The summed E-state index contributed by atoms with van der Waals surface area (Å²) in [5.74, 6) is -0.950. The molecule has 6 nitrogen and oxygen atoms in total. The first-order valence-corrected chi connectivity index (χ1v) is 6.35. The third-order valence-corrected chi connectivity index (χ3v) is 3.06. The van der Waals surface area contributed by atoms with Gasteiger partial charge in [-0.25, -0.2) is 0 Å². The maximum absolute atomic E-state index is 12.4. The van der Waals surface area contributed by atoms with E-state index in [4.69, 9.17) is 15.7 Å². The summed E-state index contributed by atoms with van der Waals surface area (Å²) in [5, 5.41) is 11.8. The molecule has 6 heteroatoms. The molecular formula is C14H21N3O3. The van der Waals surface area contributed by atoms with Gasteiger partial charge in [0, 0.05) is 20.7 Å². The first-order valence-electron chi connectivity index (χ1n) is 6.35. The van der Waals surface area contributed by atoms with Crippen LogP contribution in [0, 0.1) is 5.92 Å². The zero-order valence-corrected chi connectivity index (χ0v) is 11.8. The molecule has 0 aliphatic rings. The van der Waals surface area contributed by atoms with Crippen LogP contribution >= 0.6 is 0 Å². The molecule has 0 heterocycles. The van der Waals surface area contributed by atoms with E-state index in [2.05, 4.69) is 5.16 Å². The molecule has 0 saturated heterocycles. The largest absolute Gasteiger partial charge is 0.409 e. The van der Waals surface area contributed by atoms with Crippen molar-refractivity contribution in [1.82, 2.24) is 4.90 Å². The Morgan fingerprint density at radius 3 is 2.65 bits per heavy atom. The van der Waals surface area contributed by atoms with Crippen LogP contribution in [0.4, 0.5) is 0 Å². The fourth-order valence-electron chi connectivity index (χ4n) is 1.84. The predicted molar refractivity (Wildman–Crippen MR) is 76.6 cm³/mol. The van der Waals surface area contributed by atoms with Gasteiger partial charge in [0.25, 0.3) is 0 Å². The zero-order chi connectivity index (χ0) is 15.0. The van der Waals surface area contributed by atoms with Crippen LogP contribution in [0.5, 0.6) is 0 Å². The summed E-state index contributed by atoms with van der Waals surface area (Å²) in [5.41, 5.74) is 6.61. The van der Waals surface area contributed by atoms with Crippen molar-refractivity contribution in [2.75, 3.05) is 27.3 Å². The summed E-state index contributed by atoms with van der Waals surface area (Å²) in [7, 11) is 3.24. The Kier molecular flexibility index (Phi) is 6.52. The maximum Gasteiger partial charge on any atom is 0.233 e. The lowest BCUT2D eigenvalue weighted by Gasteiger charge is -2.22.